The number of nitrogens with one attached hydrogen (secondary N) is 1. The summed E-state index contributed by atoms with van der Waals surface area (Å²) in [4.78, 5) is 28.8. The first-order valence-electron chi connectivity index (χ1n) is 9.77. The molecule has 2 aromatic rings. The molecule has 6 nitrogen and oxygen atoms in total. The largest absolute Gasteiger partial charge is 0.467 e. The molecule has 0 atom stereocenters. The number of amides is 2. The van der Waals surface area contributed by atoms with Crippen LogP contribution in [0.2, 0.25) is 0 Å². The van der Waals surface area contributed by atoms with Gasteiger partial charge in [-0.3, -0.25) is 9.59 Å². The molecule has 1 aromatic heterocycles. The normalized spacial score (nSPS) is 13.5. The zero-order valence-electron chi connectivity index (χ0n) is 17.1. The summed E-state index contributed by atoms with van der Waals surface area (Å²) >= 11 is 0. The van der Waals surface area contributed by atoms with Gasteiger partial charge in [0.25, 0.3) is 0 Å². The summed E-state index contributed by atoms with van der Waals surface area (Å²) in [6.45, 7) is 4.65. The molecule has 0 aliphatic heterocycles. The molecule has 0 spiro atoms. The van der Waals surface area contributed by atoms with Crippen LogP contribution in [0.25, 0.3) is 0 Å². The van der Waals surface area contributed by atoms with E-state index < -0.39 is 0 Å². The summed E-state index contributed by atoms with van der Waals surface area (Å²) in [5.74, 6) is 0.923. The lowest BCUT2D eigenvalue weighted by Gasteiger charge is -2.27. The zero-order chi connectivity index (χ0) is 20.3. The second-order valence-electron chi connectivity index (χ2n) is 7.93. The SMILES string of the molecule is CC(C)C(=O)N(Cc1ccco1)Cc1cc(NC(=O)C2CC2)ccc1N(C)C. The predicted octanol–water partition coefficient (Wildman–Crippen LogP) is 3.88. The fourth-order valence-corrected chi connectivity index (χ4v) is 3.19. The number of anilines is 2. The molecule has 0 radical (unpaired) electrons. The van der Waals surface area contributed by atoms with Crippen LogP contribution in [-0.2, 0) is 22.7 Å². The van der Waals surface area contributed by atoms with Gasteiger partial charge in [-0.1, -0.05) is 13.8 Å². The molecule has 6 heteroatoms. The van der Waals surface area contributed by atoms with E-state index in [2.05, 4.69) is 5.32 Å². The summed E-state index contributed by atoms with van der Waals surface area (Å²) in [6, 6.07) is 9.58. The highest BCUT2D eigenvalue weighted by Gasteiger charge is 2.29. The van der Waals surface area contributed by atoms with Gasteiger partial charge in [-0.05, 0) is 48.7 Å². The van der Waals surface area contributed by atoms with Gasteiger partial charge in [0.1, 0.15) is 5.76 Å². The van der Waals surface area contributed by atoms with Crippen LogP contribution in [0.5, 0.6) is 0 Å². The molecule has 0 saturated heterocycles. The van der Waals surface area contributed by atoms with E-state index in [0.717, 1.165) is 35.5 Å². The monoisotopic (exact) mass is 383 g/mol. The molecule has 1 heterocycles. The van der Waals surface area contributed by atoms with Gasteiger partial charge in [-0.25, -0.2) is 0 Å². The number of carbonyl (C=O) groups is 2. The van der Waals surface area contributed by atoms with Gasteiger partial charge < -0.3 is 19.5 Å². The van der Waals surface area contributed by atoms with Crippen LogP contribution in [0.4, 0.5) is 11.4 Å². The molecule has 28 heavy (non-hydrogen) atoms. The van der Waals surface area contributed by atoms with Crippen molar-refractivity contribution < 1.29 is 14.0 Å². The van der Waals surface area contributed by atoms with Gasteiger partial charge in [-0.15, -0.1) is 0 Å². The standard InChI is InChI=1S/C22H29N3O3/c1-15(2)22(27)25(14-19-6-5-11-28-19)13-17-12-18(9-10-20(17)24(3)4)23-21(26)16-7-8-16/h5-6,9-12,15-16H,7-8,13-14H2,1-4H3,(H,23,26). The maximum atomic E-state index is 12.8. The molecule has 1 saturated carbocycles. The van der Waals surface area contributed by atoms with Crippen molar-refractivity contribution in [2.75, 3.05) is 24.3 Å². The third-order valence-electron chi connectivity index (χ3n) is 4.87. The second kappa shape index (κ2) is 8.50. The van der Waals surface area contributed by atoms with Crippen LogP contribution in [0.15, 0.2) is 41.0 Å². The molecule has 2 amide bonds. The Balaban J connectivity index is 1.86. The Labute approximate surface area is 166 Å². The van der Waals surface area contributed by atoms with E-state index in [1.165, 1.54) is 0 Å². The van der Waals surface area contributed by atoms with Gasteiger partial charge in [-0.2, -0.15) is 0 Å². The highest BCUT2D eigenvalue weighted by Crippen LogP contribution is 2.31. The molecule has 1 aliphatic carbocycles. The van der Waals surface area contributed by atoms with Gasteiger partial charge >= 0.3 is 0 Å². The van der Waals surface area contributed by atoms with E-state index in [1.54, 1.807) is 11.2 Å². The van der Waals surface area contributed by atoms with E-state index in [1.807, 2.05) is 63.2 Å². The Morgan fingerprint density at radius 2 is 1.93 bits per heavy atom. The van der Waals surface area contributed by atoms with Crippen molar-refractivity contribution in [2.24, 2.45) is 11.8 Å². The van der Waals surface area contributed by atoms with Crippen molar-refractivity contribution in [1.82, 2.24) is 4.90 Å². The summed E-state index contributed by atoms with van der Waals surface area (Å²) in [7, 11) is 3.95. The van der Waals surface area contributed by atoms with Gasteiger partial charge in [0.15, 0.2) is 0 Å². The van der Waals surface area contributed by atoms with Crippen LogP contribution in [-0.4, -0.2) is 30.8 Å². The van der Waals surface area contributed by atoms with Crippen molar-refractivity contribution >= 4 is 23.2 Å². The maximum absolute atomic E-state index is 12.8. The topological polar surface area (TPSA) is 65.8 Å². The molecule has 150 valence electrons. The lowest BCUT2D eigenvalue weighted by Crippen LogP contribution is -2.33. The average Bonchev–Trinajstić information content (AvgIpc) is 3.38. The van der Waals surface area contributed by atoms with Crippen LogP contribution >= 0.6 is 0 Å². The third kappa shape index (κ3) is 4.94. The van der Waals surface area contributed by atoms with Crippen LogP contribution in [0.3, 0.4) is 0 Å². The van der Waals surface area contributed by atoms with Crippen LogP contribution in [0.1, 0.15) is 38.0 Å². The van der Waals surface area contributed by atoms with Crippen LogP contribution in [0, 0.1) is 11.8 Å². The quantitative estimate of drug-likeness (QED) is 0.751. The Hall–Kier alpha value is -2.76. The molecule has 3 rings (SSSR count). The fraction of sp³-hybridized carbons (Fsp3) is 0.455. The van der Waals surface area contributed by atoms with Crippen molar-refractivity contribution in [3.8, 4) is 0 Å². The summed E-state index contributed by atoms with van der Waals surface area (Å²) < 4.78 is 5.46. The number of rotatable bonds is 8. The number of nitrogens with zero attached hydrogens (tertiary/aromatic N) is 2. The third-order valence-corrected chi connectivity index (χ3v) is 4.87. The Bertz CT molecular complexity index is 824. The van der Waals surface area contributed by atoms with Crippen molar-refractivity contribution in [1.29, 1.82) is 0 Å². The highest BCUT2D eigenvalue weighted by atomic mass is 16.3. The van der Waals surface area contributed by atoms with E-state index >= 15 is 0 Å². The molecule has 1 N–H and O–H groups in total. The average molecular weight is 383 g/mol. The van der Waals surface area contributed by atoms with E-state index in [-0.39, 0.29) is 23.7 Å². The second-order valence-corrected chi connectivity index (χ2v) is 7.93. The Kier molecular flexibility index (Phi) is 6.07. The van der Waals surface area contributed by atoms with E-state index in [9.17, 15) is 9.59 Å². The van der Waals surface area contributed by atoms with Crippen LogP contribution < -0.4 is 10.2 Å². The van der Waals surface area contributed by atoms with Crippen molar-refractivity contribution in [3.05, 3.63) is 47.9 Å². The lowest BCUT2D eigenvalue weighted by atomic mass is 10.1. The smallest absolute Gasteiger partial charge is 0.227 e. The van der Waals surface area contributed by atoms with Gasteiger partial charge in [0.2, 0.25) is 11.8 Å². The number of hydrogen-bond acceptors (Lipinski definition) is 4. The zero-order valence-corrected chi connectivity index (χ0v) is 17.1. The minimum Gasteiger partial charge on any atom is -0.467 e. The molecule has 0 bridgehead atoms. The van der Waals surface area contributed by atoms with Gasteiger partial charge in [0.05, 0.1) is 12.8 Å². The minimum absolute atomic E-state index is 0.0634. The molecule has 0 unspecified atom stereocenters. The number of furan rings is 1. The molecule has 1 fully saturated rings. The first-order valence-corrected chi connectivity index (χ1v) is 9.77. The minimum atomic E-state index is -0.115. The number of carbonyl (C=O) groups excluding carboxylic acids is 2. The molecule has 1 aromatic carbocycles. The Morgan fingerprint density at radius 1 is 1.18 bits per heavy atom. The number of benzene rings is 1. The highest BCUT2D eigenvalue weighted by molar-refractivity contribution is 5.94. The summed E-state index contributed by atoms with van der Waals surface area (Å²) in [5.41, 5.74) is 2.78. The van der Waals surface area contributed by atoms with Crippen molar-refractivity contribution in [3.63, 3.8) is 0 Å². The van der Waals surface area contributed by atoms with Crippen molar-refractivity contribution in [2.45, 2.75) is 39.8 Å². The van der Waals surface area contributed by atoms with E-state index in [0.29, 0.717) is 13.1 Å². The summed E-state index contributed by atoms with van der Waals surface area (Å²) in [5, 5.41) is 3.00. The first kappa shape index (κ1) is 20.0. The maximum Gasteiger partial charge on any atom is 0.227 e. The fourth-order valence-electron chi connectivity index (χ4n) is 3.19. The number of hydrogen-bond donors (Lipinski definition) is 1. The molecular formula is C22H29N3O3. The lowest BCUT2D eigenvalue weighted by molar-refractivity contribution is -0.136. The molecular weight excluding hydrogens is 354 g/mol. The molecule has 1 aliphatic rings. The summed E-state index contributed by atoms with van der Waals surface area (Å²) in [6.07, 6.45) is 3.55. The Morgan fingerprint density at radius 3 is 2.50 bits per heavy atom. The van der Waals surface area contributed by atoms with E-state index in [4.69, 9.17) is 4.42 Å². The van der Waals surface area contributed by atoms with Gasteiger partial charge in [0, 0.05) is 43.9 Å². The predicted molar refractivity (Wildman–Crippen MR) is 110 cm³/mol. The first-order chi connectivity index (χ1) is 13.3.